The molecule has 1 rings (SSSR count). The lowest BCUT2D eigenvalue weighted by Crippen LogP contribution is -2.36. The number of carbonyl (C=O) groups is 1. The lowest BCUT2D eigenvalue weighted by atomic mass is 10.2. The largest absolute Gasteiger partial charge is 0.460 e. The normalized spacial score (nSPS) is 14.1. The number of rotatable bonds is 6. The monoisotopic (exact) mass is 258 g/mol. The summed E-state index contributed by atoms with van der Waals surface area (Å²) >= 11 is 0. The van der Waals surface area contributed by atoms with Crippen LogP contribution in [0.1, 0.15) is 5.56 Å². The Morgan fingerprint density at radius 2 is 2.06 bits per heavy atom. The zero-order valence-electron chi connectivity index (χ0n) is 9.15. The fraction of sp³-hybridized carbons (Fsp3) is 0.300. The first-order valence-corrected chi connectivity index (χ1v) is 6.20. The summed E-state index contributed by atoms with van der Waals surface area (Å²) in [6.45, 7) is -0.00376. The van der Waals surface area contributed by atoms with E-state index in [9.17, 15) is 4.79 Å². The van der Waals surface area contributed by atoms with Gasteiger partial charge in [-0.3, -0.25) is 10.3 Å². The van der Waals surface area contributed by atoms with E-state index in [2.05, 4.69) is 4.52 Å². The van der Waals surface area contributed by atoms with Gasteiger partial charge < -0.3 is 19.9 Å². The van der Waals surface area contributed by atoms with Gasteiger partial charge in [-0.1, -0.05) is 30.3 Å². The van der Waals surface area contributed by atoms with Gasteiger partial charge in [0.1, 0.15) is 12.6 Å². The Bertz CT molecular complexity index is 347. The number of hydrogen-bond donors (Lipinski definition) is 3. The number of nitrogens with two attached hydrogens (primary N) is 2. The molecular formula is C10H15N2O4P. The van der Waals surface area contributed by atoms with Crippen LogP contribution in [0.3, 0.4) is 0 Å². The Morgan fingerprint density at radius 3 is 2.65 bits per heavy atom. The van der Waals surface area contributed by atoms with Crippen molar-refractivity contribution in [1.29, 1.82) is 0 Å². The maximum absolute atomic E-state index is 11.4. The van der Waals surface area contributed by atoms with Gasteiger partial charge >= 0.3 is 5.97 Å². The van der Waals surface area contributed by atoms with E-state index in [0.29, 0.717) is 0 Å². The molecule has 0 aliphatic rings. The highest BCUT2D eigenvalue weighted by Gasteiger charge is 2.16. The third-order valence-electron chi connectivity index (χ3n) is 1.91. The molecular weight excluding hydrogens is 243 g/mol. The minimum absolute atomic E-state index is 0.157. The van der Waals surface area contributed by atoms with E-state index in [1.807, 2.05) is 30.3 Å². The third kappa shape index (κ3) is 5.72. The van der Waals surface area contributed by atoms with E-state index >= 15 is 0 Å². The van der Waals surface area contributed by atoms with Crippen molar-refractivity contribution in [2.45, 2.75) is 12.6 Å². The summed E-state index contributed by atoms with van der Waals surface area (Å²) in [6, 6.07) is 8.29. The standard InChI is InChI=1S/C10H15N2O4P/c11-9(7-16-17(12)14)10(13)15-6-8-4-2-1-3-5-8/h1-5,9,14H,6-7,11-12H2. The molecule has 7 heteroatoms. The molecule has 0 saturated heterocycles. The predicted octanol–water partition coefficient (Wildman–Crippen LogP) is 0.252. The molecule has 17 heavy (non-hydrogen) atoms. The molecule has 2 unspecified atom stereocenters. The fourth-order valence-corrected chi connectivity index (χ4v) is 1.37. The first-order chi connectivity index (χ1) is 8.09. The lowest BCUT2D eigenvalue weighted by molar-refractivity contribution is -0.147. The smallest absolute Gasteiger partial charge is 0.325 e. The van der Waals surface area contributed by atoms with E-state index in [4.69, 9.17) is 20.9 Å². The SMILES string of the molecule is NC(COP(N)O)C(=O)OCc1ccccc1. The first kappa shape index (κ1) is 14.0. The van der Waals surface area contributed by atoms with Crippen LogP contribution in [0.25, 0.3) is 0 Å². The van der Waals surface area contributed by atoms with Gasteiger partial charge in [-0.15, -0.1) is 0 Å². The minimum atomic E-state index is -2.00. The molecule has 1 aromatic rings. The number of hydrogen-bond acceptors (Lipinski definition) is 6. The molecule has 94 valence electrons. The topological polar surface area (TPSA) is 108 Å². The van der Waals surface area contributed by atoms with Crippen molar-refractivity contribution in [2.24, 2.45) is 11.2 Å². The van der Waals surface area contributed by atoms with Gasteiger partial charge in [-0.05, 0) is 5.56 Å². The molecule has 5 N–H and O–H groups in total. The third-order valence-corrected chi connectivity index (χ3v) is 2.33. The second-order valence-corrected chi connectivity index (χ2v) is 4.16. The Morgan fingerprint density at radius 1 is 1.41 bits per heavy atom. The molecule has 0 fully saturated rings. The van der Waals surface area contributed by atoms with Crippen LogP contribution in [0.4, 0.5) is 0 Å². The lowest BCUT2D eigenvalue weighted by Gasteiger charge is -2.12. The highest BCUT2D eigenvalue weighted by molar-refractivity contribution is 7.43. The van der Waals surface area contributed by atoms with Crippen molar-refractivity contribution in [3.63, 3.8) is 0 Å². The molecule has 0 aromatic heterocycles. The highest BCUT2D eigenvalue weighted by atomic mass is 31.2. The van der Waals surface area contributed by atoms with Crippen LogP contribution in [0.2, 0.25) is 0 Å². The highest BCUT2D eigenvalue weighted by Crippen LogP contribution is 2.19. The van der Waals surface area contributed by atoms with Crippen LogP contribution in [-0.4, -0.2) is 23.5 Å². The van der Waals surface area contributed by atoms with Gasteiger partial charge in [-0.2, -0.15) is 0 Å². The maximum Gasteiger partial charge on any atom is 0.325 e. The van der Waals surface area contributed by atoms with Crippen LogP contribution >= 0.6 is 8.53 Å². The summed E-state index contributed by atoms with van der Waals surface area (Å²) in [4.78, 5) is 20.1. The van der Waals surface area contributed by atoms with Crippen molar-refractivity contribution in [2.75, 3.05) is 6.61 Å². The van der Waals surface area contributed by atoms with E-state index in [1.165, 1.54) is 0 Å². The fourth-order valence-electron chi connectivity index (χ4n) is 1.06. The average molecular weight is 258 g/mol. The van der Waals surface area contributed by atoms with Gasteiger partial charge in [0, 0.05) is 0 Å². The zero-order chi connectivity index (χ0) is 12.7. The maximum atomic E-state index is 11.4. The first-order valence-electron chi connectivity index (χ1n) is 4.92. The second-order valence-electron chi connectivity index (χ2n) is 3.30. The van der Waals surface area contributed by atoms with Gasteiger partial charge in [0.15, 0.2) is 0 Å². The molecule has 0 aliphatic carbocycles. The van der Waals surface area contributed by atoms with E-state index < -0.39 is 20.5 Å². The van der Waals surface area contributed by atoms with E-state index in [1.54, 1.807) is 0 Å². The van der Waals surface area contributed by atoms with Crippen molar-refractivity contribution in [1.82, 2.24) is 0 Å². The van der Waals surface area contributed by atoms with Crippen molar-refractivity contribution >= 4 is 14.5 Å². The number of esters is 1. The number of carbonyl (C=O) groups excluding carboxylic acids is 1. The summed E-state index contributed by atoms with van der Waals surface area (Å²) in [6.07, 6.45) is 0. The molecule has 0 bridgehead atoms. The van der Waals surface area contributed by atoms with Crippen molar-refractivity contribution in [3.8, 4) is 0 Å². The molecule has 2 atom stereocenters. The quantitative estimate of drug-likeness (QED) is 0.498. The molecule has 1 aromatic carbocycles. The van der Waals surface area contributed by atoms with Crippen molar-refractivity contribution in [3.05, 3.63) is 35.9 Å². The van der Waals surface area contributed by atoms with Crippen LogP contribution in [0.15, 0.2) is 30.3 Å². The summed E-state index contributed by atoms with van der Waals surface area (Å²) in [5.74, 6) is -0.592. The molecule has 0 radical (unpaired) electrons. The van der Waals surface area contributed by atoms with Crippen LogP contribution < -0.4 is 11.2 Å². The van der Waals surface area contributed by atoms with Gasteiger partial charge in [0.05, 0.1) is 6.61 Å². The van der Waals surface area contributed by atoms with E-state index in [-0.39, 0.29) is 13.2 Å². The number of ether oxygens (including phenoxy) is 1. The molecule has 0 amide bonds. The summed E-state index contributed by atoms with van der Waals surface area (Å²) in [7, 11) is -2.00. The molecule has 0 spiro atoms. The number of benzene rings is 1. The molecule has 0 saturated carbocycles. The molecule has 0 heterocycles. The Hall–Kier alpha value is -1.04. The predicted molar refractivity (Wildman–Crippen MR) is 63.5 cm³/mol. The van der Waals surface area contributed by atoms with Crippen LogP contribution in [-0.2, 0) is 20.7 Å². The Labute approximate surface area is 100 Å². The summed E-state index contributed by atoms with van der Waals surface area (Å²) in [5.41, 5.74) is 11.3. The van der Waals surface area contributed by atoms with Crippen LogP contribution in [0, 0.1) is 0 Å². The molecule has 6 nitrogen and oxygen atoms in total. The van der Waals surface area contributed by atoms with Gasteiger partial charge in [-0.25, -0.2) is 0 Å². The molecule has 0 aliphatic heterocycles. The summed E-state index contributed by atoms with van der Waals surface area (Å²) in [5, 5.41) is 0. The summed E-state index contributed by atoms with van der Waals surface area (Å²) < 4.78 is 9.61. The van der Waals surface area contributed by atoms with Gasteiger partial charge in [0.2, 0.25) is 8.53 Å². The second kappa shape index (κ2) is 7.32. The minimum Gasteiger partial charge on any atom is -0.460 e. The van der Waals surface area contributed by atoms with Crippen LogP contribution in [0.5, 0.6) is 0 Å². The Kier molecular flexibility index (Phi) is 6.04. The average Bonchev–Trinajstić information content (AvgIpc) is 2.34. The van der Waals surface area contributed by atoms with Crippen molar-refractivity contribution < 1.29 is 18.9 Å². The van der Waals surface area contributed by atoms with Gasteiger partial charge in [0.25, 0.3) is 0 Å². The Balaban J connectivity index is 2.29. The zero-order valence-corrected chi connectivity index (χ0v) is 10.0. The van der Waals surface area contributed by atoms with E-state index in [0.717, 1.165) is 5.56 Å².